The van der Waals surface area contributed by atoms with E-state index in [0.29, 0.717) is 18.4 Å². The van der Waals surface area contributed by atoms with Crippen molar-refractivity contribution >= 4 is 5.91 Å². The number of rotatable bonds is 7. The molecule has 1 aromatic carbocycles. The Morgan fingerprint density at radius 2 is 1.78 bits per heavy atom. The van der Waals surface area contributed by atoms with E-state index in [0.717, 1.165) is 45.6 Å². The molecule has 1 saturated carbocycles. The number of carbonyl (C=O) groups is 1. The van der Waals surface area contributed by atoms with Crippen molar-refractivity contribution in [1.29, 1.82) is 5.26 Å². The van der Waals surface area contributed by atoms with Crippen molar-refractivity contribution in [1.82, 2.24) is 15.1 Å². The zero-order valence-electron chi connectivity index (χ0n) is 16.9. The minimum Gasteiger partial charge on any atom is -0.337 e. The Hall–Kier alpha value is -1.90. The summed E-state index contributed by atoms with van der Waals surface area (Å²) in [4.78, 5) is 17.0. The van der Waals surface area contributed by atoms with Gasteiger partial charge in [0.1, 0.15) is 5.54 Å². The molecule has 0 aromatic heterocycles. The van der Waals surface area contributed by atoms with E-state index in [1.54, 1.807) is 0 Å². The Morgan fingerprint density at radius 1 is 1.19 bits per heavy atom. The number of hydrogen-bond acceptors (Lipinski definition) is 4. The fraction of sp³-hybridized carbons (Fsp3) is 0.636. The molecule has 1 amide bonds. The van der Waals surface area contributed by atoms with E-state index in [1.807, 2.05) is 6.92 Å². The molecule has 5 heteroatoms. The molecule has 1 heterocycles. The van der Waals surface area contributed by atoms with Crippen molar-refractivity contribution in [2.75, 3.05) is 32.7 Å². The summed E-state index contributed by atoms with van der Waals surface area (Å²) in [7, 11) is 0. The predicted molar refractivity (Wildman–Crippen MR) is 107 cm³/mol. The molecule has 0 spiro atoms. The molecule has 2 fully saturated rings. The summed E-state index contributed by atoms with van der Waals surface area (Å²) in [5.74, 6) is 0.866. The van der Waals surface area contributed by atoms with E-state index in [4.69, 9.17) is 0 Å². The summed E-state index contributed by atoms with van der Waals surface area (Å²) in [6.45, 7) is 11.4. The topological polar surface area (TPSA) is 59.4 Å². The molecular weight excluding hydrogens is 336 g/mol. The zero-order chi connectivity index (χ0) is 19.4. The van der Waals surface area contributed by atoms with E-state index in [2.05, 4.69) is 59.3 Å². The van der Waals surface area contributed by atoms with Crippen LogP contribution >= 0.6 is 0 Å². The van der Waals surface area contributed by atoms with Crippen LogP contribution in [-0.2, 0) is 11.3 Å². The fourth-order valence-electron chi connectivity index (χ4n) is 3.79. The summed E-state index contributed by atoms with van der Waals surface area (Å²) in [6.07, 6.45) is 2.09. The molecule has 0 radical (unpaired) electrons. The largest absolute Gasteiger partial charge is 0.337 e. The molecule has 1 atom stereocenters. The summed E-state index contributed by atoms with van der Waals surface area (Å²) in [5, 5.41) is 12.4. The number of benzene rings is 1. The molecule has 1 aromatic rings. The minimum atomic E-state index is -0.693. The number of nitrogens with one attached hydrogen (secondary N) is 1. The number of nitriles is 1. The standard InChI is InChI=1S/C22H32N4O/c1-17(2)19-6-4-18(5-7-19)14-25-10-12-26(13-11-25)15-21(27)24-22(3,16-23)20-8-9-20/h4-7,17,20H,8-15H2,1-3H3,(H,24,27). The molecular formula is C22H32N4O. The molecule has 1 N–H and O–H groups in total. The van der Waals surface area contributed by atoms with Gasteiger partial charge in [0.2, 0.25) is 5.91 Å². The SMILES string of the molecule is CC(C)c1ccc(CN2CCN(CC(=O)NC(C)(C#N)C3CC3)CC2)cc1. The highest BCUT2D eigenvalue weighted by atomic mass is 16.2. The first kappa shape index (κ1) is 19.9. The minimum absolute atomic E-state index is 0.0244. The van der Waals surface area contributed by atoms with Crippen LogP contribution in [-0.4, -0.2) is 54.0 Å². The van der Waals surface area contributed by atoms with E-state index in [9.17, 15) is 10.1 Å². The number of nitrogens with zero attached hydrogens (tertiary/aromatic N) is 3. The van der Waals surface area contributed by atoms with Gasteiger partial charge in [-0.15, -0.1) is 0 Å². The van der Waals surface area contributed by atoms with Crippen LogP contribution in [0.3, 0.4) is 0 Å². The number of hydrogen-bond donors (Lipinski definition) is 1. The van der Waals surface area contributed by atoms with Crippen LogP contribution in [0.15, 0.2) is 24.3 Å². The Morgan fingerprint density at radius 3 is 2.30 bits per heavy atom. The van der Waals surface area contributed by atoms with Gasteiger partial charge < -0.3 is 5.32 Å². The Kier molecular flexibility index (Phi) is 6.18. The third kappa shape index (κ3) is 5.31. The van der Waals surface area contributed by atoms with Crippen LogP contribution in [0.4, 0.5) is 0 Å². The lowest BCUT2D eigenvalue weighted by Gasteiger charge is -2.35. The molecule has 5 nitrogen and oxygen atoms in total. The molecule has 27 heavy (non-hydrogen) atoms. The fourth-order valence-corrected chi connectivity index (χ4v) is 3.79. The quantitative estimate of drug-likeness (QED) is 0.804. The van der Waals surface area contributed by atoms with Gasteiger partial charge in [-0.1, -0.05) is 38.1 Å². The van der Waals surface area contributed by atoms with Crippen molar-refractivity contribution in [2.45, 2.75) is 51.6 Å². The molecule has 0 bridgehead atoms. The lowest BCUT2D eigenvalue weighted by atomic mass is 9.98. The van der Waals surface area contributed by atoms with E-state index < -0.39 is 5.54 Å². The second-order valence-electron chi connectivity index (χ2n) is 8.59. The van der Waals surface area contributed by atoms with Crippen LogP contribution < -0.4 is 5.32 Å². The van der Waals surface area contributed by atoms with E-state index >= 15 is 0 Å². The molecule has 1 aliphatic carbocycles. The molecule has 1 unspecified atom stereocenters. The summed E-state index contributed by atoms with van der Waals surface area (Å²) in [5.41, 5.74) is 2.03. The van der Waals surface area contributed by atoms with Crippen molar-refractivity contribution in [3.8, 4) is 6.07 Å². The molecule has 146 valence electrons. The first-order valence-corrected chi connectivity index (χ1v) is 10.2. The maximum atomic E-state index is 12.4. The van der Waals surface area contributed by atoms with Gasteiger partial charge >= 0.3 is 0 Å². The maximum absolute atomic E-state index is 12.4. The average Bonchev–Trinajstić information content (AvgIpc) is 3.49. The maximum Gasteiger partial charge on any atom is 0.235 e. The lowest BCUT2D eigenvalue weighted by Crippen LogP contribution is -2.53. The van der Waals surface area contributed by atoms with Crippen molar-refractivity contribution in [2.24, 2.45) is 5.92 Å². The number of amides is 1. The van der Waals surface area contributed by atoms with Gasteiger partial charge in [-0.3, -0.25) is 14.6 Å². The van der Waals surface area contributed by atoms with E-state index in [1.165, 1.54) is 11.1 Å². The van der Waals surface area contributed by atoms with Crippen molar-refractivity contribution < 1.29 is 4.79 Å². The highest BCUT2D eigenvalue weighted by molar-refractivity contribution is 5.79. The van der Waals surface area contributed by atoms with Crippen LogP contribution in [0.1, 0.15) is 50.7 Å². The van der Waals surface area contributed by atoms with Gasteiger partial charge in [0.05, 0.1) is 12.6 Å². The Bertz CT molecular complexity index is 681. The average molecular weight is 369 g/mol. The van der Waals surface area contributed by atoms with Crippen LogP contribution in [0.25, 0.3) is 0 Å². The lowest BCUT2D eigenvalue weighted by molar-refractivity contribution is -0.124. The van der Waals surface area contributed by atoms with Gasteiger partial charge in [0.25, 0.3) is 0 Å². The number of carbonyl (C=O) groups excluding carboxylic acids is 1. The molecule has 2 aliphatic rings. The second kappa shape index (κ2) is 8.41. The smallest absolute Gasteiger partial charge is 0.235 e. The monoisotopic (exact) mass is 368 g/mol. The van der Waals surface area contributed by atoms with Gasteiger partial charge in [0, 0.05) is 32.7 Å². The highest BCUT2D eigenvalue weighted by Crippen LogP contribution is 2.39. The Labute approximate surface area is 163 Å². The molecule has 1 saturated heterocycles. The number of piperazine rings is 1. The van der Waals surface area contributed by atoms with Crippen molar-refractivity contribution in [3.05, 3.63) is 35.4 Å². The molecule has 1 aliphatic heterocycles. The normalized spacial score (nSPS) is 20.9. The van der Waals surface area contributed by atoms with Crippen LogP contribution in [0, 0.1) is 17.2 Å². The van der Waals surface area contributed by atoms with Gasteiger partial charge in [-0.25, -0.2) is 0 Å². The first-order chi connectivity index (χ1) is 12.9. The zero-order valence-corrected chi connectivity index (χ0v) is 16.9. The van der Waals surface area contributed by atoms with Crippen LogP contribution in [0.2, 0.25) is 0 Å². The van der Waals surface area contributed by atoms with Crippen LogP contribution in [0.5, 0.6) is 0 Å². The second-order valence-corrected chi connectivity index (χ2v) is 8.59. The predicted octanol–water partition coefficient (Wildman–Crippen LogP) is 2.74. The van der Waals surface area contributed by atoms with E-state index in [-0.39, 0.29) is 5.91 Å². The third-order valence-electron chi connectivity index (χ3n) is 5.91. The Balaban J connectivity index is 1.42. The summed E-state index contributed by atoms with van der Waals surface area (Å²) >= 11 is 0. The van der Waals surface area contributed by atoms with Gasteiger partial charge in [-0.05, 0) is 42.7 Å². The summed E-state index contributed by atoms with van der Waals surface area (Å²) in [6, 6.07) is 11.2. The highest BCUT2D eigenvalue weighted by Gasteiger charge is 2.43. The molecule has 3 rings (SSSR count). The third-order valence-corrected chi connectivity index (χ3v) is 5.91. The van der Waals surface area contributed by atoms with Crippen molar-refractivity contribution in [3.63, 3.8) is 0 Å². The summed E-state index contributed by atoms with van der Waals surface area (Å²) < 4.78 is 0. The first-order valence-electron chi connectivity index (χ1n) is 10.2. The van der Waals surface area contributed by atoms with Gasteiger partial charge in [-0.2, -0.15) is 5.26 Å². The van der Waals surface area contributed by atoms with Gasteiger partial charge in [0.15, 0.2) is 0 Å².